The Morgan fingerprint density at radius 2 is 1.85 bits per heavy atom. The van der Waals surface area contributed by atoms with Gasteiger partial charge in [-0.2, -0.15) is 0 Å². The first-order valence-corrected chi connectivity index (χ1v) is 10.9. The Hall–Kier alpha value is -3.08. The van der Waals surface area contributed by atoms with E-state index in [1.807, 2.05) is 30.3 Å². The van der Waals surface area contributed by atoms with Crippen LogP contribution < -0.4 is 10.5 Å². The number of phenols is 1. The minimum atomic E-state index is -1.56. The highest BCUT2D eigenvalue weighted by atomic mass is 16.5. The summed E-state index contributed by atoms with van der Waals surface area (Å²) in [5, 5.41) is 37.9. The Labute approximate surface area is 192 Å². The molecule has 6 N–H and O–H groups in total. The van der Waals surface area contributed by atoms with E-state index in [1.165, 1.54) is 12.1 Å². The molecular formula is C23H29BN2O7. The topological polar surface area (TPSA) is 154 Å². The fraction of sp³-hybridized carbons (Fsp3) is 0.391. The second-order valence-electron chi connectivity index (χ2n) is 8.19. The molecule has 1 aliphatic rings. The predicted molar refractivity (Wildman–Crippen MR) is 122 cm³/mol. The van der Waals surface area contributed by atoms with E-state index in [2.05, 4.69) is 0 Å². The molecule has 10 heteroatoms. The van der Waals surface area contributed by atoms with Gasteiger partial charge in [0.25, 0.3) is 0 Å². The molecule has 1 amide bonds. The number of nitrogens with two attached hydrogens (primary N) is 1. The summed E-state index contributed by atoms with van der Waals surface area (Å²) in [6.07, 6.45) is 0.680. The van der Waals surface area contributed by atoms with Crippen molar-refractivity contribution in [1.29, 1.82) is 0 Å². The van der Waals surface area contributed by atoms with Crippen LogP contribution in [0.25, 0.3) is 0 Å². The van der Waals surface area contributed by atoms with Gasteiger partial charge >= 0.3 is 13.1 Å². The van der Waals surface area contributed by atoms with Crippen LogP contribution in [-0.4, -0.2) is 69.9 Å². The van der Waals surface area contributed by atoms with Gasteiger partial charge in [-0.1, -0.05) is 36.4 Å². The third-order valence-corrected chi connectivity index (χ3v) is 5.87. The summed E-state index contributed by atoms with van der Waals surface area (Å²) >= 11 is 0. The predicted octanol–water partition coefficient (Wildman–Crippen LogP) is 1.22. The van der Waals surface area contributed by atoms with Crippen molar-refractivity contribution in [3.63, 3.8) is 0 Å². The molecule has 9 nitrogen and oxygen atoms in total. The number of nitrogens with zero attached hydrogens (tertiary/aromatic N) is 1. The average Bonchev–Trinajstić information content (AvgIpc) is 2.75. The van der Waals surface area contributed by atoms with E-state index in [4.69, 9.17) is 20.5 Å². The van der Waals surface area contributed by atoms with Crippen molar-refractivity contribution in [2.75, 3.05) is 19.6 Å². The van der Waals surface area contributed by atoms with Crippen LogP contribution in [0.15, 0.2) is 42.5 Å². The first-order chi connectivity index (χ1) is 15.8. The summed E-state index contributed by atoms with van der Waals surface area (Å²) in [7, 11) is -1.56. The van der Waals surface area contributed by atoms with E-state index in [-0.39, 0.29) is 47.5 Å². The zero-order valence-electron chi connectivity index (χ0n) is 18.3. The molecule has 33 heavy (non-hydrogen) atoms. The lowest BCUT2D eigenvalue weighted by Gasteiger charge is -2.39. The number of carbonyl (C=O) groups is 2. The molecule has 0 unspecified atom stereocenters. The third-order valence-electron chi connectivity index (χ3n) is 5.87. The van der Waals surface area contributed by atoms with E-state index in [1.54, 1.807) is 4.90 Å². The smallest absolute Gasteiger partial charge is 0.451 e. The van der Waals surface area contributed by atoms with E-state index in [0.29, 0.717) is 32.5 Å². The molecule has 2 aromatic rings. The second kappa shape index (κ2) is 11.2. The van der Waals surface area contributed by atoms with E-state index in [0.717, 1.165) is 5.56 Å². The molecule has 3 rings (SSSR count). The fourth-order valence-electron chi connectivity index (χ4n) is 3.90. The van der Waals surface area contributed by atoms with Gasteiger partial charge < -0.3 is 35.6 Å². The number of benzene rings is 2. The number of hydrogen-bond acceptors (Lipinski definition) is 7. The maximum Gasteiger partial charge on any atom is 0.451 e. The Morgan fingerprint density at radius 1 is 1.15 bits per heavy atom. The zero-order chi connectivity index (χ0) is 24.0. The normalized spacial score (nSPS) is 14.5. The van der Waals surface area contributed by atoms with Gasteiger partial charge in [0.1, 0.15) is 23.2 Å². The molecule has 2 aromatic carbocycles. The number of carboxylic acids is 1. The number of carboxylic acid groups (broad SMARTS) is 1. The Morgan fingerprint density at radius 3 is 2.45 bits per heavy atom. The summed E-state index contributed by atoms with van der Waals surface area (Å²) in [6.45, 7) is 1.11. The van der Waals surface area contributed by atoms with Crippen LogP contribution in [0.4, 0.5) is 0 Å². The first kappa shape index (κ1) is 24.6. The highest BCUT2D eigenvalue weighted by Crippen LogP contribution is 2.34. The van der Waals surface area contributed by atoms with Gasteiger partial charge in [-0.15, -0.1) is 0 Å². The zero-order valence-corrected chi connectivity index (χ0v) is 18.3. The van der Waals surface area contributed by atoms with Crippen LogP contribution in [-0.2, 0) is 11.2 Å². The first-order valence-electron chi connectivity index (χ1n) is 10.9. The van der Waals surface area contributed by atoms with Gasteiger partial charge in [-0.3, -0.25) is 4.79 Å². The summed E-state index contributed by atoms with van der Waals surface area (Å²) in [4.78, 5) is 25.9. The summed E-state index contributed by atoms with van der Waals surface area (Å²) in [6, 6.07) is 12.8. The second-order valence-corrected chi connectivity index (χ2v) is 8.19. The van der Waals surface area contributed by atoms with E-state index in [9.17, 15) is 19.8 Å². The molecule has 1 heterocycles. The van der Waals surface area contributed by atoms with Crippen LogP contribution in [0.2, 0.25) is 6.32 Å². The molecule has 176 valence electrons. The minimum absolute atomic E-state index is 0.0107. The summed E-state index contributed by atoms with van der Waals surface area (Å²) < 4.78 is 5.75. The third kappa shape index (κ3) is 6.25. The van der Waals surface area contributed by atoms with Crippen molar-refractivity contribution < 1.29 is 34.6 Å². The van der Waals surface area contributed by atoms with Gasteiger partial charge in [0.15, 0.2) is 0 Å². The number of likely N-dealkylation sites (tertiary alicyclic amines) is 1. The maximum absolute atomic E-state index is 12.5. The molecule has 0 bridgehead atoms. The van der Waals surface area contributed by atoms with Crippen LogP contribution in [0, 0.1) is 0 Å². The average molecular weight is 456 g/mol. The SMILES string of the molecule is NC[C@H](CCC(=O)N1CC(Oc2ccc(CCB(O)O)c(O)c2C(=O)O)C1)c1ccccc1. The lowest BCUT2D eigenvalue weighted by atomic mass is 9.82. The number of aryl methyl sites for hydroxylation is 1. The number of hydrogen-bond donors (Lipinski definition) is 5. The summed E-state index contributed by atoms with van der Waals surface area (Å²) in [5.74, 6) is -1.70. The van der Waals surface area contributed by atoms with Gasteiger partial charge in [-0.05, 0) is 48.8 Å². The van der Waals surface area contributed by atoms with Crippen LogP contribution in [0.5, 0.6) is 11.5 Å². The molecule has 0 saturated carbocycles. The van der Waals surface area contributed by atoms with Gasteiger partial charge in [0.05, 0.1) is 13.1 Å². The van der Waals surface area contributed by atoms with Crippen LogP contribution in [0.1, 0.15) is 40.2 Å². The molecule has 0 spiro atoms. The van der Waals surface area contributed by atoms with Crippen LogP contribution >= 0.6 is 0 Å². The lowest BCUT2D eigenvalue weighted by Crippen LogP contribution is -2.56. The number of aromatic carboxylic acids is 1. The largest absolute Gasteiger partial charge is 0.507 e. The Balaban J connectivity index is 1.54. The standard InChI is InChI=1S/C23H29BN2O7/c25-12-17(15-4-2-1-3-5-15)7-9-20(27)26-13-18(14-26)33-19-8-6-16(10-11-24(31)32)22(28)21(19)23(29)30/h1-6,8,17-18,28,31-32H,7,9-14,25H2,(H,29,30)/t17-/m0/s1. The van der Waals surface area contributed by atoms with Gasteiger partial charge in [0.2, 0.25) is 5.91 Å². The van der Waals surface area contributed by atoms with E-state index < -0.39 is 18.8 Å². The fourth-order valence-corrected chi connectivity index (χ4v) is 3.90. The number of aromatic hydroxyl groups is 1. The van der Waals surface area contributed by atoms with Crippen molar-refractivity contribution in [1.82, 2.24) is 4.90 Å². The van der Waals surface area contributed by atoms with Crippen LogP contribution in [0.3, 0.4) is 0 Å². The van der Waals surface area contributed by atoms with Crippen molar-refractivity contribution in [2.45, 2.75) is 37.6 Å². The number of carbonyl (C=O) groups excluding carboxylic acids is 1. The number of rotatable bonds is 11. The van der Waals surface area contributed by atoms with Gasteiger partial charge in [-0.25, -0.2) is 4.79 Å². The minimum Gasteiger partial charge on any atom is -0.507 e. The quantitative estimate of drug-likeness (QED) is 0.317. The molecule has 1 saturated heterocycles. The molecule has 0 aromatic heterocycles. The molecule has 1 aliphatic heterocycles. The number of ether oxygens (including phenoxy) is 1. The highest BCUT2D eigenvalue weighted by Gasteiger charge is 2.34. The van der Waals surface area contributed by atoms with Crippen molar-refractivity contribution in [3.8, 4) is 11.5 Å². The van der Waals surface area contributed by atoms with Crippen molar-refractivity contribution in [2.24, 2.45) is 5.73 Å². The number of amides is 1. The molecular weight excluding hydrogens is 427 g/mol. The molecule has 0 aliphatic carbocycles. The Bertz CT molecular complexity index is 965. The highest BCUT2D eigenvalue weighted by molar-refractivity contribution is 6.41. The Kier molecular flexibility index (Phi) is 8.32. The molecule has 0 radical (unpaired) electrons. The summed E-state index contributed by atoms with van der Waals surface area (Å²) in [5.41, 5.74) is 6.89. The lowest BCUT2D eigenvalue weighted by molar-refractivity contribution is -0.140. The molecule has 1 fully saturated rings. The monoisotopic (exact) mass is 456 g/mol. The van der Waals surface area contributed by atoms with Crippen molar-refractivity contribution >= 4 is 19.0 Å². The maximum atomic E-state index is 12.5. The molecule has 1 atom stereocenters. The van der Waals surface area contributed by atoms with Gasteiger partial charge in [0, 0.05) is 6.42 Å². The van der Waals surface area contributed by atoms with Crippen molar-refractivity contribution in [3.05, 3.63) is 59.2 Å². The van der Waals surface area contributed by atoms with E-state index >= 15 is 0 Å².